The predicted molar refractivity (Wildman–Crippen MR) is 80.3 cm³/mol. The summed E-state index contributed by atoms with van der Waals surface area (Å²) in [5, 5.41) is 7.14. The minimum Gasteiger partial charge on any atom is -0.321 e. The number of aryl methyl sites for hydroxylation is 1. The smallest absolute Gasteiger partial charge is 0.321 e. The van der Waals surface area contributed by atoms with Gasteiger partial charge in [-0.2, -0.15) is 5.10 Å². The van der Waals surface area contributed by atoms with Gasteiger partial charge in [-0.05, 0) is 30.5 Å². The standard InChI is InChI=1S/C14H19ClN4O/c1-4-8(2)12(16)13-17-18-14(20)19(13)10-6-5-9(3)11(15)7-10/h5-8,12H,4,16H2,1-3H3,(H,18,20)/t8-,12-/m0/s1. The lowest BCUT2D eigenvalue weighted by Crippen LogP contribution is -2.25. The second kappa shape index (κ2) is 5.81. The molecule has 0 saturated carbocycles. The van der Waals surface area contributed by atoms with Crippen LogP contribution in [0.4, 0.5) is 0 Å². The van der Waals surface area contributed by atoms with Gasteiger partial charge in [0.05, 0.1) is 11.7 Å². The number of rotatable bonds is 4. The Morgan fingerprint density at radius 1 is 1.50 bits per heavy atom. The first-order valence-corrected chi connectivity index (χ1v) is 7.03. The van der Waals surface area contributed by atoms with Crippen molar-refractivity contribution < 1.29 is 0 Å². The van der Waals surface area contributed by atoms with Crippen LogP contribution in [0.5, 0.6) is 0 Å². The molecule has 2 aromatic rings. The molecule has 1 aromatic heterocycles. The summed E-state index contributed by atoms with van der Waals surface area (Å²) < 4.78 is 1.49. The zero-order chi connectivity index (χ0) is 14.9. The van der Waals surface area contributed by atoms with E-state index in [1.165, 1.54) is 4.57 Å². The van der Waals surface area contributed by atoms with Crippen LogP contribution in [0, 0.1) is 12.8 Å². The van der Waals surface area contributed by atoms with E-state index >= 15 is 0 Å². The number of hydrogen-bond acceptors (Lipinski definition) is 3. The molecule has 20 heavy (non-hydrogen) atoms. The second-order valence-electron chi connectivity index (χ2n) is 5.07. The molecule has 0 aliphatic heterocycles. The maximum atomic E-state index is 12.0. The Morgan fingerprint density at radius 3 is 2.80 bits per heavy atom. The number of nitrogens with one attached hydrogen (secondary N) is 1. The van der Waals surface area contributed by atoms with E-state index in [0.29, 0.717) is 16.5 Å². The van der Waals surface area contributed by atoms with Crippen LogP contribution in [0.2, 0.25) is 5.02 Å². The lowest BCUT2D eigenvalue weighted by Gasteiger charge is -2.18. The monoisotopic (exact) mass is 294 g/mol. The fourth-order valence-corrected chi connectivity index (χ4v) is 2.19. The maximum Gasteiger partial charge on any atom is 0.347 e. The van der Waals surface area contributed by atoms with Crippen molar-refractivity contribution in [3.63, 3.8) is 0 Å². The second-order valence-corrected chi connectivity index (χ2v) is 5.47. The van der Waals surface area contributed by atoms with Gasteiger partial charge in [0.2, 0.25) is 0 Å². The van der Waals surface area contributed by atoms with E-state index in [0.717, 1.165) is 12.0 Å². The molecular weight excluding hydrogens is 276 g/mol. The third-order valence-electron chi connectivity index (χ3n) is 3.67. The molecule has 0 aliphatic carbocycles. The lowest BCUT2D eigenvalue weighted by atomic mass is 9.99. The first-order chi connectivity index (χ1) is 9.45. The molecule has 5 nitrogen and oxygen atoms in total. The highest BCUT2D eigenvalue weighted by Gasteiger charge is 2.21. The Morgan fingerprint density at radius 2 is 2.20 bits per heavy atom. The molecule has 0 radical (unpaired) electrons. The molecule has 0 amide bonds. The van der Waals surface area contributed by atoms with Crippen molar-refractivity contribution in [3.05, 3.63) is 45.1 Å². The van der Waals surface area contributed by atoms with Crippen molar-refractivity contribution >= 4 is 11.6 Å². The molecule has 108 valence electrons. The third-order valence-corrected chi connectivity index (χ3v) is 4.07. The largest absolute Gasteiger partial charge is 0.347 e. The Kier molecular flexibility index (Phi) is 4.30. The molecule has 1 aromatic carbocycles. The van der Waals surface area contributed by atoms with Gasteiger partial charge in [-0.15, -0.1) is 0 Å². The van der Waals surface area contributed by atoms with Gasteiger partial charge in [0.15, 0.2) is 5.82 Å². The summed E-state index contributed by atoms with van der Waals surface area (Å²) in [6.45, 7) is 6.01. The highest BCUT2D eigenvalue weighted by molar-refractivity contribution is 6.31. The molecule has 2 atom stereocenters. The highest BCUT2D eigenvalue weighted by atomic mass is 35.5. The van der Waals surface area contributed by atoms with Crippen LogP contribution in [0.15, 0.2) is 23.0 Å². The van der Waals surface area contributed by atoms with Gasteiger partial charge in [-0.1, -0.05) is 37.9 Å². The van der Waals surface area contributed by atoms with Gasteiger partial charge in [0.1, 0.15) is 0 Å². The van der Waals surface area contributed by atoms with Gasteiger partial charge in [0, 0.05) is 5.02 Å². The van der Waals surface area contributed by atoms with Gasteiger partial charge in [0.25, 0.3) is 0 Å². The fourth-order valence-electron chi connectivity index (χ4n) is 2.01. The lowest BCUT2D eigenvalue weighted by molar-refractivity contribution is 0.433. The molecule has 0 unspecified atom stereocenters. The van der Waals surface area contributed by atoms with Crippen LogP contribution in [0.3, 0.4) is 0 Å². The maximum absolute atomic E-state index is 12.0. The van der Waals surface area contributed by atoms with Crippen molar-refractivity contribution in [2.24, 2.45) is 11.7 Å². The summed E-state index contributed by atoms with van der Waals surface area (Å²) in [6, 6.07) is 5.15. The van der Waals surface area contributed by atoms with E-state index in [9.17, 15) is 4.79 Å². The molecule has 0 spiro atoms. The first kappa shape index (κ1) is 14.8. The Hall–Kier alpha value is -1.59. The number of benzene rings is 1. The summed E-state index contributed by atoms with van der Waals surface area (Å²) >= 11 is 6.13. The number of hydrogen-bond donors (Lipinski definition) is 2. The van der Waals surface area contributed by atoms with Crippen LogP contribution in [-0.2, 0) is 0 Å². The van der Waals surface area contributed by atoms with Crippen LogP contribution in [0.1, 0.15) is 37.7 Å². The highest BCUT2D eigenvalue weighted by Crippen LogP contribution is 2.23. The van der Waals surface area contributed by atoms with Gasteiger partial charge in [-0.3, -0.25) is 0 Å². The van der Waals surface area contributed by atoms with Crippen molar-refractivity contribution in [1.82, 2.24) is 14.8 Å². The Labute approximate surface area is 122 Å². The van der Waals surface area contributed by atoms with Gasteiger partial charge < -0.3 is 5.73 Å². The summed E-state index contributed by atoms with van der Waals surface area (Å²) in [5.41, 5.74) is 7.52. The number of nitrogens with two attached hydrogens (primary N) is 1. The fraction of sp³-hybridized carbons (Fsp3) is 0.429. The summed E-state index contributed by atoms with van der Waals surface area (Å²) in [5.74, 6) is 0.758. The average molecular weight is 295 g/mol. The molecule has 0 aliphatic rings. The van der Waals surface area contributed by atoms with E-state index in [1.807, 2.05) is 26.0 Å². The molecule has 0 bridgehead atoms. The summed E-state index contributed by atoms with van der Waals surface area (Å²) in [4.78, 5) is 12.0. The summed E-state index contributed by atoms with van der Waals surface area (Å²) in [7, 11) is 0. The van der Waals surface area contributed by atoms with E-state index in [2.05, 4.69) is 17.1 Å². The number of nitrogens with zero attached hydrogens (tertiary/aromatic N) is 2. The Balaban J connectivity index is 2.54. The van der Waals surface area contributed by atoms with Gasteiger partial charge in [-0.25, -0.2) is 14.5 Å². The number of aromatic nitrogens is 3. The minimum absolute atomic E-state index is 0.227. The topological polar surface area (TPSA) is 76.7 Å². The van der Waals surface area contributed by atoms with Crippen LogP contribution in [-0.4, -0.2) is 14.8 Å². The van der Waals surface area contributed by atoms with Crippen LogP contribution in [0.25, 0.3) is 5.69 Å². The van der Waals surface area contributed by atoms with E-state index in [4.69, 9.17) is 17.3 Å². The molecule has 6 heteroatoms. The molecule has 2 rings (SSSR count). The van der Waals surface area contributed by atoms with Crippen molar-refractivity contribution in [2.45, 2.75) is 33.2 Å². The van der Waals surface area contributed by atoms with Crippen molar-refractivity contribution in [1.29, 1.82) is 0 Å². The minimum atomic E-state index is -0.307. The Bertz CT molecular complexity index is 661. The molecule has 0 fully saturated rings. The normalized spacial score (nSPS) is 14.2. The van der Waals surface area contributed by atoms with Crippen LogP contribution >= 0.6 is 11.6 Å². The third kappa shape index (κ3) is 2.64. The predicted octanol–water partition coefficient (Wildman–Crippen LogP) is 2.57. The van der Waals surface area contributed by atoms with Crippen molar-refractivity contribution in [3.8, 4) is 5.69 Å². The molecular formula is C14H19ClN4O. The first-order valence-electron chi connectivity index (χ1n) is 6.65. The average Bonchev–Trinajstić information content (AvgIpc) is 2.82. The summed E-state index contributed by atoms with van der Waals surface area (Å²) in [6.07, 6.45) is 0.914. The number of halogens is 1. The number of H-pyrrole nitrogens is 1. The van der Waals surface area contributed by atoms with E-state index in [-0.39, 0.29) is 17.6 Å². The zero-order valence-electron chi connectivity index (χ0n) is 11.9. The quantitative estimate of drug-likeness (QED) is 0.910. The van der Waals surface area contributed by atoms with Crippen LogP contribution < -0.4 is 11.4 Å². The van der Waals surface area contributed by atoms with Gasteiger partial charge >= 0.3 is 5.69 Å². The number of aromatic amines is 1. The zero-order valence-corrected chi connectivity index (χ0v) is 12.6. The van der Waals surface area contributed by atoms with E-state index < -0.39 is 0 Å². The SMILES string of the molecule is CC[C@H](C)[C@H](N)c1n[nH]c(=O)n1-c1ccc(C)c(Cl)c1. The molecule has 0 saturated heterocycles. The van der Waals surface area contributed by atoms with Crippen molar-refractivity contribution in [2.75, 3.05) is 0 Å². The molecule has 1 heterocycles. The van der Waals surface area contributed by atoms with E-state index in [1.54, 1.807) is 6.07 Å². The molecule has 3 N–H and O–H groups in total.